The molecule has 0 unspecified atom stereocenters. The van der Waals surface area contributed by atoms with Crippen LogP contribution in [-0.4, -0.2) is 25.0 Å². The molecule has 0 atom stereocenters. The Balaban J connectivity index is 3.25. The van der Waals surface area contributed by atoms with E-state index in [0.717, 1.165) is 25.7 Å². The number of amides is 1. The summed E-state index contributed by atoms with van der Waals surface area (Å²) in [5, 5.41) is 2.73. The van der Waals surface area contributed by atoms with Gasteiger partial charge in [-0.25, -0.2) is 0 Å². The lowest BCUT2D eigenvalue weighted by Gasteiger charge is -2.07. The van der Waals surface area contributed by atoms with Crippen LogP contribution in [0, 0.1) is 0 Å². The number of carbonyl (C=O) groups excluding carboxylic acids is 2. The molecule has 1 N–H and O–H groups in total. The Kier molecular flexibility index (Phi) is 39.2. The second-order valence-corrected chi connectivity index (χ2v) is 14.4. The molecule has 0 aliphatic heterocycles. The molecule has 0 bridgehead atoms. The highest BCUT2D eigenvalue weighted by Crippen LogP contribution is 2.16. The van der Waals surface area contributed by atoms with E-state index in [9.17, 15) is 9.59 Å². The van der Waals surface area contributed by atoms with Gasteiger partial charge >= 0.3 is 5.97 Å². The van der Waals surface area contributed by atoms with Gasteiger partial charge in [0.1, 0.15) is 6.54 Å². The lowest BCUT2D eigenvalue weighted by molar-refractivity contribution is -0.144. The minimum absolute atomic E-state index is 0.0107. The van der Waals surface area contributed by atoms with E-state index in [4.69, 9.17) is 4.74 Å². The number of esters is 1. The predicted molar refractivity (Wildman–Crippen MR) is 202 cm³/mol. The van der Waals surface area contributed by atoms with Gasteiger partial charge in [-0.2, -0.15) is 0 Å². The molecule has 0 aliphatic carbocycles. The van der Waals surface area contributed by atoms with Crippen LogP contribution in [0.3, 0.4) is 0 Å². The summed E-state index contributed by atoms with van der Waals surface area (Å²) in [6.45, 7) is 5.06. The van der Waals surface area contributed by atoms with Crippen LogP contribution in [0.25, 0.3) is 0 Å². The van der Waals surface area contributed by atoms with E-state index >= 15 is 0 Å². The third kappa shape index (κ3) is 39.1. The van der Waals surface area contributed by atoms with Crippen LogP contribution in [0.1, 0.15) is 245 Å². The van der Waals surface area contributed by atoms with Crippen LogP contribution in [0.4, 0.5) is 0 Å². The number of unbranched alkanes of at least 4 members (excludes halogenated alkanes) is 33. The average Bonchev–Trinajstić information content (AvgIpc) is 3.06. The molecule has 274 valence electrons. The number of rotatable bonds is 39. The molecule has 0 rings (SSSR count). The second kappa shape index (κ2) is 40.1. The quantitative estimate of drug-likeness (QED) is 0.0532. The Bertz CT molecular complexity index is 608. The monoisotopic (exact) mass is 650 g/mol. The van der Waals surface area contributed by atoms with Crippen LogP contribution in [-0.2, 0) is 14.3 Å². The van der Waals surface area contributed by atoms with E-state index in [-0.39, 0.29) is 18.4 Å². The van der Waals surface area contributed by atoms with Crippen molar-refractivity contribution in [3.63, 3.8) is 0 Å². The normalized spacial score (nSPS) is 11.3. The summed E-state index contributed by atoms with van der Waals surface area (Å²) in [4.78, 5) is 24.0. The summed E-state index contributed by atoms with van der Waals surface area (Å²) in [7, 11) is 0. The maximum Gasteiger partial charge on any atom is 0.325 e. The molecule has 0 spiro atoms. The van der Waals surface area contributed by atoms with Crippen molar-refractivity contribution in [1.29, 1.82) is 0 Å². The van der Waals surface area contributed by atoms with Crippen molar-refractivity contribution in [2.24, 2.45) is 0 Å². The van der Waals surface area contributed by atoms with Gasteiger partial charge in [0.2, 0.25) is 5.91 Å². The largest absolute Gasteiger partial charge is 0.464 e. The molecule has 0 saturated heterocycles. The highest BCUT2D eigenvalue weighted by atomic mass is 16.5. The third-order valence-corrected chi connectivity index (χ3v) is 9.70. The van der Waals surface area contributed by atoms with Gasteiger partial charge in [-0.1, -0.05) is 226 Å². The minimum atomic E-state index is -0.303. The van der Waals surface area contributed by atoms with Crippen molar-refractivity contribution in [3.05, 3.63) is 0 Å². The van der Waals surface area contributed by atoms with Gasteiger partial charge in [0.25, 0.3) is 0 Å². The molecule has 0 fully saturated rings. The summed E-state index contributed by atoms with van der Waals surface area (Å²) in [5.74, 6) is -0.326. The molecule has 0 saturated carbocycles. The summed E-state index contributed by atoms with van der Waals surface area (Å²) in [5.41, 5.74) is 0. The molecule has 0 aliphatic rings. The van der Waals surface area contributed by atoms with Crippen molar-refractivity contribution >= 4 is 11.9 Å². The summed E-state index contributed by atoms with van der Waals surface area (Å²) < 4.78 is 5.31. The van der Waals surface area contributed by atoms with Crippen molar-refractivity contribution in [1.82, 2.24) is 5.32 Å². The topological polar surface area (TPSA) is 55.4 Å². The highest BCUT2D eigenvalue weighted by Gasteiger charge is 2.06. The van der Waals surface area contributed by atoms with Gasteiger partial charge in [0.05, 0.1) is 6.61 Å². The predicted octanol–water partition coefficient (Wildman–Crippen LogP) is 13.7. The average molecular weight is 650 g/mol. The zero-order chi connectivity index (χ0) is 33.4. The Hall–Kier alpha value is -1.06. The number of hydrogen-bond donors (Lipinski definition) is 1. The fourth-order valence-corrected chi connectivity index (χ4v) is 6.51. The molecule has 4 nitrogen and oxygen atoms in total. The van der Waals surface area contributed by atoms with Gasteiger partial charge in [-0.15, -0.1) is 0 Å². The fraction of sp³-hybridized carbons (Fsp3) is 0.952. The van der Waals surface area contributed by atoms with Gasteiger partial charge in [0.15, 0.2) is 0 Å². The molecule has 1 amide bonds. The molecular formula is C42H83NO3. The summed E-state index contributed by atoms with van der Waals surface area (Å²) >= 11 is 0. The molecule has 0 heterocycles. The lowest BCUT2D eigenvalue weighted by Crippen LogP contribution is -2.30. The van der Waals surface area contributed by atoms with Gasteiger partial charge in [-0.05, 0) is 12.8 Å². The molecule has 46 heavy (non-hydrogen) atoms. The van der Waals surface area contributed by atoms with Crippen LogP contribution in [0.5, 0.6) is 0 Å². The van der Waals surface area contributed by atoms with Crippen LogP contribution < -0.4 is 5.32 Å². The Labute approximate surface area is 289 Å². The number of hydrogen-bond acceptors (Lipinski definition) is 3. The Morgan fingerprint density at radius 3 is 0.935 bits per heavy atom. The Morgan fingerprint density at radius 1 is 0.370 bits per heavy atom. The lowest BCUT2D eigenvalue weighted by atomic mass is 10.0. The number of nitrogens with one attached hydrogen (secondary N) is 1. The van der Waals surface area contributed by atoms with Gasteiger partial charge in [-0.3, -0.25) is 9.59 Å². The number of ether oxygens (including phenoxy) is 1. The smallest absolute Gasteiger partial charge is 0.325 e. The highest BCUT2D eigenvalue weighted by molar-refractivity contribution is 5.81. The van der Waals surface area contributed by atoms with E-state index in [1.165, 1.54) is 199 Å². The maximum absolute atomic E-state index is 12.0. The second-order valence-electron chi connectivity index (χ2n) is 14.4. The van der Waals surface area contributed by atoms with Gasteiger partial charge < -0.3 is 10.1 Å². The van der Waals surface area contributed by atoms with E-state index in [1.807, 2.05) is 0 Å². The van der Waals surface area contributed by atoms with Crippen LogP contribution >= 0.6 is 0 Å². The molecule has 0 aromatic carbocycles. The zero-order valence-electron chi connectivity index (χ0n) is 31.6. The molecular weight excluding hydrogens is 566 g/mol. The first-order chi connectivity index (χ1) is 22.7. The van der Waals surface area contributed by atoms with Crippen molar-refractivity contribution in [2.45, 2.75) is 245 Å². The van der Waals surface area contributed by atoms with Crippen LogP contribution in [0.2, 0.25) is 0 Å². The molecule has 0 aromatic rings. The van der Waals surface area contributed by atoms with Crippen molar-refractivity contribution in [3.8, 4) is 0 Å². The van der Waals surface area contributed by atoms with Crippen molar-refractivity contribution in [2.75, 3.05) is 13.2 Å². The zero-order valence-corrected chi connectivity index (χ0v) is 31.6. The first kappa shape index (κ1) is 44.9. The summed E-state index contributed by atoms with van der Waals surface area (Å²) in [6.07, 6.45) is 47.6. The minimum Gasteiger partial charge on any atom is -0.464 e. The van der Waals surface area contributed by atoms with Crippen molar-refractivity contribution < 1.29 is 14.3 Å². The Morgan fingerprint density at radius 2 is 0.630 bits per heavy atom. The van der Waals surface area contributed by atoms with E-state index < -0.39 is 0 Å². The summed E-state index contributed by atoms with van der Waals surface area (Å²) in [6, 6.07) is 0. The molecule has 0 radical (unpaired) electrons. The van der Waals surface area contributed by atoms with Crippen LogP contribution in [0.15, 0.2) is 0 Å². The maximum atomic E-state index is 12.0. The molecule has 0 aromatic heterocycles. The van der Waals surface area contributed by atoms with Gasteiger partial charge in [0, 0.05) is 6.42 Å². The SMILES string of the molecule is CCCCCCCCCCCCCCCCCCCCCCOC(=O)CNC(=O)CCCCCCCCCCCCCCCCC. The van der Waals surface area contributed by atoms with E-state index in [0.29, 0.717) is 13.0 Å². The molecule has 4 heteroatoms. The standard InChI is InChI=1S/C42H83NO3/c1-3-5-7-9-11-13-15-17-19-20-21-22-23-25-27-29-31-33-35-37-39-46-42(45)40-43-41(44)38-36-34-32-30-28-26-24-18-16-14-12-10-8-6-4-2/h3-40H2,1-2H3,(H,43,44). The number of carbonyl (C=O) groups is 2. The fourth-order valence-electron chi connectivity index (χ4n) is 6.51. The van der Waals surface area contributed by atoms with E-state index in [2.05, 4.69) is 19.2 Å². The third-order valence-electron chi connectivity index (χ3n) is 9.70. The first-order valence-corrected chi connectivity index (χ1v) is 21.1. The van der Waals surface area contributed by atoms with E-state index in [1.54, 1.807) is 0 Å². The first-order valence-electron chi connectivity index (χ1n) is 21.1.